The van der Waals surface area contributed by atoms with Crippen LogP contribution in [0.4, 0.5) is 0 Å². The van der Waals surface area contributed by atoms with Crippen molar-refractivity contribution in [2.24, 2.45) is 0 Å². The quantitative estimate of drug-likeness (QED) is 0.517. The normalized spacial score (nSPS) is 11.7. The lowest BCUT2D eigenvalue weighted by Crippen LogP contribution is -2.36. The predicted octanol–water partition coefficient (Wildman–Crippen LogP) is 2.03. The van der Waals surface area contributed by atoms with E-state index in [9.17, 15) is 4.79 Å². The minimum atomic E-state index is -1.30. The SMILES string of the molecule is CC(=O)c1cc([Si](C)(C)C)co1. The van der Waals surface area contributed by atoms with Gasteiger partial charge in [-0.3, -0.25) is 4.79 Å². The molecule has 0 saturated carbocycles. The van der Waals surface area contributed by atoms with Crippen molar-refractivity contribution < 1.29 is 9.21 Å². The van der Waals surface area contributed by atoms with Crippen molar-refractivity contribution in [1.29, 1.82) is 0 Å². The summed E-state index contributed by atoms with van der Waals surface area (Å²) in [4.78, 5) is 10.9. The van der Waals surface area contributed by atoms with Gasteiger partial charge < -0.3 is 4.42 Å². The van der Waals surface area contributed by atoms with Gasteiger partial charge in [0, 0.05) is 6.92 Å². The lowest BCUT2D eigenvalue weighted by molar-refractivity contribution is 0.0987. The van der Waals surface area contributed by atoms with Gasteiger partial charge in [0.1, 0.15) is 0 Å². The Labute approximate surface area is 73.6 Å². The van der Waals surface area contributed by atoms with Crippen LogP contribution in [-0.2, 0) is 0 Å². The van der Waals surface area contributed by atoms with Gasteiger partial charge in [0.15, 0.2) is 11.5 Å². The van der Waals surface area contributed by atoms with E-state index in [1.165, 1.54) is 12.1 Å². The first-order chi connectivity index (χ1) is 5.41. The fourth-order valence-electron chi connectivity index (χ4n) is 0.914. The van der Waals surface area contributed by atoms with Crippen molar-refractivity contribution in [3.63, 3.8) is 0 Å². The lowest BCUT2D eigenvalue weighted by Gasteiger charge is -2.11. The summed E-state index contributed by atoms with van der Waals surface area (Å²) in [5.41, 5.74) is 0. The Morgan fingerprint density at radius 2 is 2.00 bits per heavy atom. The van der Waals surface area contributed by atoms with E-state index < -0.39 is 8.07 Å². The predicted molar refractivity (Wildman–Crippen MR) is 51.7 cm³/mol. The highest BCUT2D eigenvalue weighted by atomic mass is 28.3. The Morgan fingerprint density at radius 3 is 2.25 bits per heavy atom. The monoisotopic (exact) mass is 182 g/mol. The molecule has 0 unspecified atom stereocenters. The minimum Gasteiger partial charge on any atom is -0.461 e. The molecular weight excluding hydrogens is 168 g/mol. The number of rotatable bonds is 2. The van der Waals surface area contributed by atoms with Crippen LogP contribution in [0, 0.1) is 0 Å². The molecule has 66 valence electrons. The van der Waals surface area contributed by atoms with Crippen LogP contribution in [0.5, 0.6) is 0 Å². The van der Waals surface area contributed by atoms with Crippen LogP contribution in [0.3, 0.4) is 0 Å². The number of hydrogen-bond donors (Lipinski definition) is 0. The van der Waals surface area contributed by atoms with Crippen molar-refractivity contribution in [2.75, 3.05) is 0 Å². The van der Waals surface area contributed by atoms with Crippen LogP contribution in [0.25, 0.3) is 0 Å². The van der Waals surface area contributed by atoms with Crippen LogP contribution < -0.4 is 5.19 Å². The maximum absolute atomic E-state index is 10.9. The third kappa shape index (κ3) is 1.85. The van der Waals surface area contributed by atoms with Gasteiger partial charge in [0.05, 0.1) is 14.3 Å². The van der Waals surface area contributed by atoms with E-state index in [0.717, 1.165) is 0 Å². The fraction of sp³-hybridized carbons (Fsp3) is 0.444. The highest BCUT2D eigenvalue weighted by molar-refractivity contribution is 6.88. The molecule has 0 radical (unpaired) electrons. The fourth-order valence-corrected chi connectivity index (χ4v) is 1.89. The van der Waals surface area contributed by atoms with E-state index in [2.05, 4.69) is 19.6 Å². The smallest absolute Gasteiger partial charge is 0.194 e. The Morgan fingerprint density at radius 1 is 1.42 bits per heavy atom. The molecule has 0 bridgehead atoms. The molecule has 1 aromatic rings. The second-order valence-electron chi connectivity index (χ2n) is 4.01. The standard InChI is InChI=1S/C9H14O2Si/c1-7(10)9-5-8(6-11-9)12(2,3)4/h5-6H,1-4H3. The molecule has 0 aliphatic heterocycles. The summed E-state index contributed by atoms with van der Waals surface area (Å²) in [6.45, 7) is 8.19. The van der Waals surface area contributed by atoms with Gasteiger partial charge >= 0.3 is 0 Å². The van der Waals surface area contributed by atoms with Gasteiger partial charge in [-0.25, -0.2) is 0 Å². The van der Waals surface area contributed by atoms with Crippen LogP contribution in [-0.4, -0.2) is 13.9 Å². The molecule has 0 aliphatic carbocycles. The highest BCUT2D eigenvalue weighted by Crippen LogP contribution is 2.06. The maximum atomic E-state index is 10.9. The molecule has 0 aromatic carbocycles. The Hall–Kier alpha value is -0.833. The average Bonchev–Trinajstić information content (AvgIpc) is 2.30. The molecule has 3 heteroatoms. The molecule has 0 fully saturated rings. The molecule has 0 aliphatic rings. The van der Waals surface area contributed by atoms with Crippen molar-refractivity contribution in [2.45, 2.75) is 26.6 Å². The molecule has 0 spiro atoms. The first-order valence-corrected chi connectivity index (χ1v) is 7.51. The zero-order chi connectivity index (χ0) is 9.35. The maximum Gasteiger partial charge on any atom is 0.194 e. The molecule has 0 N–H and O–H groups in total. The first-order valence-electron chi connectivity index (χ1n) is 4.01. The molecule has 1 aromatic heterocycles. The summed E-state index contributed by atoms with van der Waals surface area (Å²) in [5.74, 6) is 0.479. The minimum absolute atomic E-state index is 0.000463. The molecule has 1 heterocycles. The summed E-state index contributed by atoms with van der Waals surface area (Å²) in [6, 6.07) is 1.87. The first kappa shape index (κ1) is 9.26. The summed E-state index contributed by atoms with van der Waals surface area (Å²) >= 11 is 0. The number of hydrogen-bond acceptors (Lipinski definition) is 2. The molecule has 0 saturated heterocycles. The largest absolute Gasteiger partial charge is 0.461 e. The van der Waals surface area contributed by atoms with E-state index in [0.29, 0.717) is 5.76 Å². The molecule has 12 heavy (non-hydrogen) atoms. The zero-order valence-corrected chi connectivity index (χ0v) is 8.97. The number of Topliss-reactive ketones (excluding diaryl/α,β-unsaturated/α-hetero) is 1. The topological polar surface area (TPSA) is 30.2 Å². The van der Waals surface area contributed by atoms with Crippen LogP contribution >= 0.6 is 0 Å². The summed E-state index contributed by atoms with van der Waals surface area (Å²) in [7, 11) is -1.30. The summed E-state index contributed by atoms with van der Waals surface area (Å²) in [6.07, 6.45) is 1.71. The number of furan rings is 1. The highest BCUT2D eigenvalue weighted by Gasteiger charge is 2.19. The second kappa shape index (κ2) is 2.90. The molecular formula is C9H14O2Si. The van der Waals surface area contributed by atoms with Crippen LogP contribution in [0.1, 0.15) is 17.5 Å². The molecule has 2 nitrogen and oxygen atoms in total. The lowest BCUT2D eigenvalue weighted by atomic mass is 10.3. The number of carbonyl (C=O) groups excluding carboxylic acids is 1. The van der Waals surface area contributed by atoms with E-state index in [4.69, 9.17) is 4.42 Å². The third-order valence-corrected chi connectivity index (χ3v) is 3.81. The van der Waals surface area contributed by atoms with Crippen molar-refractivity contribution in [3.05, 3.63) is 18.1 Å². The van der Waals surface area contributed by atoms with E-state index in [1.807, 2.05) is 6.07 Å². The van der Waals surface area contributed by atoms with Crippen molar-refractivity contribution in [3.8, 4) is 0 Å². The molecule has 1 rings (SSSR count). The molecule has 0 atom stereocenters. The average molecular weight is 182 g/mol. The Balaban J connectivity index is 3.00. The van der Waals surface area contributed by atoms with Crippen LogP contribution in [0.15, 0.2) is 16.7 Å². The van der Waals surface area contributed by atoms with Gasteiger partial charge in [-0.05, 0) is 11.3 Å². The zero-order valence-electron chi connectivity index (χ0n) is 7.97. The van der Waals surface area contributed by atoms with Crippen LogP contribution in [0.2, 0.25) is 19.6 Å². The second-order valence-corrected chi connectivity index (χ2v) is 9.08. The van der Waals surface area contributed by atoms with Gasteiger partial charge in [-0.15, -0.1) is 0 Å². The van der Waals surface area contributed by atoms with E-state index in [-0.39, 0.29) is 5.78 Å². The van der Waals surface area contributed by atoms with E-state index >= 15 is 0 Å². The summed E-state index contributed by atoms with van der Waals surface area (Å²) < 4.78 is 5.14. The van der Waals surface area contributed by atoms with Gasteiger partial charge in [0.2, 0.25) is 0 Å². The number of carbonyl (C=O) groups is 1. The van der Waals surface area contributed by atoms with Gasteiger partial charge in [0.25, 0.3) is 0 Å². The Kier molecular flexibility index (Phi) is 2.24. The third-order valence-electron chi connectivity index (χ3n) is 1.81. The molecule has 0 amide bonds. The summed E-state index contributed by atoms with van der Waals surface area (Å²) in [5, 5.41) is 1.20. The van der Waals surface area contributed by atoms with Crippen molar-refractivity contribution >= 4 is 19.0 Å². The number of ketones is 1. The van der Waals surface area contributed by atoms with Crippen molar-refractivity contribution in [1.82, 2.24) is 0 Å². The van der Waals surface area contributed by atoms with E-state index in [1.54, 1.807) is 6.26 Å². The Bertz CT molecular complexity index is 294. The van der Waals surface area contributed by atoms with Gasteiger partial charge in [-0.2, -0.15) is 0 Å². The van der Waals surface area contributed by atoms with Gasteiger partial charge in [-0.1, -0.05) is 19.6 Å².